The molecule has 0 spiro atoms. The largest absolute Gasteiger partial charge is 0.477 e. The maximum absolute atomic E-state index is 13.5. The number of hydrogen-bond acceptors (Lipinski definition) is 5. The Kier molecular flexibility index (Phi) is 3.69. The summed E-state index contributed by atoms with van der Waals surface area (Å²) in [5.74, 6) is -2.01. The third kappa shape index (κ3) is 2.40. The zero-order valence-corrected chi connectivity index (χ0v) is 12.5. The second kappa shape index (κ2) is 5.54. The minimum Gasteiger partial charge on any atom is -0.477 e. The first-order valence-corrected chi connectivity index (χ1v) is 7.09. The molecule has 2 heterocycles. The number of β-amino-alcohol motifs (C(OH)–C–C–N with tert-alkyl or cyclic N) is 1. The molecule has 7 nitrogen and oxygen atoms in total. The number of carboxylic acids is 1. The van der Waals surface area contributed by atoms with E-state index in [-0.39, 0.29) is 43.5 Å². The van der Waals surface area contributed by atoms with Gasteiger partial charge in [-0.05, 0) is 18.2 Å². The van der Waals surface area contributed by atoms with E-state index in [9.17, 15) is 19.1 Å². The van der Waals surface area contributed by atoms with Crippen molar-refractivity contribution in [3.05, 3.63) is 41.0 Å². The quantitative estimate of drug-likeness (QED) is 0.832. The molecule has 0 atom stereocenters. The number of aliphatic carboxylic acids is 1. The molecule has 1 amide bonds. The lowest BCUT2D eigenvalue weighted by Crippen LogP contribution is -2.32. The second-order valence-electron chi connectivity index (χ2n) is 5.48. The highest BCUT2D eigenvalue weighted by molar-refractivity contribution is 6.02. The number of aliphatic hydroxyl groups is 1. The molecule has 3 rings (SSSR count). The summed E-state index contributed by atoms with van der Waals surface area (Å²) in [6.45, 7) is 0.259. The number of anilines is 1. The monoisotopic (exact) mass is 321 g/mol. The average Bonchev–Trinajstić information content (AvgIpc) is 2.80. The maximum Gasteiger partial charge on any atom is 0.354 e. The third-order valence-electron chi connectivity index (χ3n) is 4.01. The molecule has 0 aromatic heterocycles. The van der Waals surface area contributed by atoms with Crippen molar-refractivity contribution in [2.45, 2.75) is 0 Å². The Hall–Kier alpha value is -2.61. The van der Waals surface area contributed by atoms with Gasteiger partial charge in [-0.1, -0.05) is 0 Å². The molecule has 2 aliphatic heterocycles. The molecule has 0 unspecified atom stereocenters. The molecule has 0 bridgehead atoms. The summed E-state index contributed by atoms with van der Waals surface area (Å²) in [4.78, 5) is 28.6. The van der Waals surface area contributed by atoms with Crippen LogP contribution in [0.3, 0.4) is 0 Å². The summed E-state index contributed by atoms with van der Waals surface area (Å²) in [6, 6.07) is 3.88. The van der Waals surface area contributed by atoms with Crippen LogP contribution in [0.15, 0.2) is 29.6 Å². The third-order valence-corrected chi connectivity index (χ3v) is 4.01. The molecule has 1 aromatic rings. The van der Waals surface area contributed by atoms with Gasteiger partial charge in [0.25, 0.3) is 5.91 Å². The van der Waals surface area contributed by atoms with E-state index in [4.69, 9.17) is 5.11 Å². The van der Waals surface area contributed by atoms with Crippen LogP contribution in [-0.2, 0) is 4.79 Å². The summed E-state index contributed by atoms with van der Waals surface area (Å²) in [5, 5.41) is 18.7. The summed E-state index contributed by atoms with van der Waals surface area (Å²) < 4.78 is 13.5. The number of amides is 1. The predicted molar refractivity (Wildman–Crippen MR) is 79.2 cm³/mol. The highest BCUT2D eigenvalue weighted by Crippen LogP contribution is 2.35. The molecule has 8 heteroatoms. The van der Waals surface area contributed by atoms with Gasteiger partial charge < -0.3 is 24.9 Å². The molecular formula is C15H16FN3O4. The lowest BCUT2D eigenvalue weighted by molar-refractivity contribution is -0.134. The van der Waals surface area contributed by atoms with Gasteiger partial charge in [0.1, 0.15) is 11.5 Å². The van der Waals surface area contributed by atoms with Crippen molar-refractivity contribution >= 4 is 17.6 Å². The van der Waals surface area contributed by atoms with Crippen LogP contribution >= 0.6 is 0 Å². The standard InChI is InChI=1S/C15H16FN3O4/c1-17-7-12-13(15(22)23)18(4-5-20)8-19(12)11-3-2-9(16)6-10(11)14(17)21/h2-3,6,20H,4-5,7-8H2,1H3,(H,22,23). The molecule has 0 fully saturated rings. The molecule has 0 aliphatic carbocycles. The fraction of sp³-hybridized carbons (Fsp3) is 0.333. The SMILES string of the molecule is CN1CC2=C(C(=O)O)N(CCO)CN2c2ccc(F)cc2C1=O. The number of hydrogen-bond donors (Lipinski definition) is 2. The van der Waals surface area contributed by atoms with E-state index in [1.807, 2.05) is 0 Å². The molecule has 122 valence electrons. The molecular weight excluding hydrogens is 305 g/mol. The van der Waals surface area contributed by atoms with E-state index in [1.54, 1.807) is 11.9 Å². The van der Waals surface area contributed by atoms with E-state index >= 15 is 0 Å². The summed E-state index contributed by atoms with van der Waals surface area (Å²) in [7, 11) is 1.54. The number of halogens is 1. The summed E-state index contributed by atoms with van der Waals surface area (Å²) in [6.07, 6.45) is 0. The smallest absolute Gasteiger partial charge is 0.354 e. The summed E-state index contributed by atoms with van der Waals surface area (Å²) in [5.41, 5.74) is 1.16. The lowest BCUT2D eigenvalue weighted by atomic mass is 10.1. The minimum absolute atomic E-state index is 0.0517. The fourth-order valence-corrected chi connectivity index (χ4v) is 3.00. The van der Waals surface area contributed by atoms with Crippen LogP contribution in [0.2, 0.25) is 0 Å². The zero-order valence-electron chi connectivity index (χ0n) is 12.5. The number of benzene rings is 1. The van der Waals surface area contributed by atoms with Crippen LogP contribution in [0.4, 0.5) is 10.1 Å². The van der Waals surface area contributed by atoms with Crippen molar-refractivity contribution in [3.8, 4) is 0 Å². The number of likely N-dealkylation sites (N-methyl/N-ethyl adjacent to an activating group) is 1. The van der Waals surface area contributed by atoms with Gasteiger partial charge in [0, 0.05) is 13.6 Å². The van der Waals surface area contributed by atoms with Gasteiger partial charge in [-0.2, -0.15) is 0 Å². The Morgan fingerprint density at radius 2 is 2.13 bits per heavy atom. The van der Waals surface area contributed by atoms with Crippen molar-refractivity contribution in [3.63, 3.8) is 0 Å². The zero-order chi connectivity index (χ0) is 16.7. The molecule has 0 saturated heterocycles. The van der Waals surface area contributed by atoms with Gasteiger partial charge in [0.15, 0.2) is 0 Å². The topological polar surface area (TPSA) is 84.3 Å². The Bertz CT molecular complexity index is 719. The van der Waals surface area contributed by atoms with Crippen molar-refractivity contribution in [2.24, 2.45) is 0 Å². The van der Waals surface area contributed by atoms with Crippen molar-refractivity contribution < 1.29 is 24.2 Å². The normalized spacial score (nSPS) is 17.3. The fourth-order valence-electron chi connectivity index (χ4n) is 3.00. The van der Waals surface area contributed by atoms with Crippen molar-refractivity contribution in [2.75, 3.05) is 38.3 Å². The number of carbonyl (C=O) groups excluding carboxylic acids is 1. The molecule has 2 aliphatic rings. The number of fused-ring (bicyclic) bond motifs is 3. The maximum atomic E-state index is 13.5. The predicted octanol–water partition coefficient (Wildman–Crippen LogP) is 0.279. The first-order chi connectivity index (χ1) is 10.9. The Labute approximate surface area is 131 Å². The van der Waals surface area contributed by atoms with E-state index in [1.165, 1.54) is 21.9 Å². The second-order valence-corrected chi connectivity index (χ2v) is 5.48. The van der Waals surface area contributed by atoms with E-state index in [0.29, 0.717) is 11.4 Å². The number of carbonyl (C=O) groups is 2. The number of rotatable bonds is 3. The van der Waals surface area contributed by atoms with Crippen LogP contribution in [0.5, 0.6) is 0 Å². The van der Waals surface area contributed by atoms with Gasteiger partial charge in [-0.25, -0.2) is 9.18 Å². The lowest BCUT2D eigenvalue weighted by Gasteiger charge is -2.23. The van der Waals surface area contributed by atoms with E-state index < -0.39 is 11.8 Å². The van der Waals surface area contributed by atoms with Gasteiger partial charge in [-0.15, -0.1) is 0 Å². The van der Waals surface area contributed by atoms with E-state index in [2.05, 4.69) is 0 Å². The van der Waals surface area contributed by atoms with Gasteiger partial charge in [0.05, 0.1) is 36.8 Å². The van der Waals surface area contributed by atoms with Crippen LogP contribution in [-0.4, -0.2) is 65.3 Å². The van der Waals surface area contributed by atoms with E-state index in [0.717, 1.165) is 6.07 Å². The molecule has 23 heavy (non-hydrogen) atoms. The van der Waals surface area contributed by atoms with Crippen LogP contribution in [0.25, 0.3) is 0 Å². The average molecular weight is 321 g/mol. The Morgan fingerprint density at radius 1 is 1.39 bits per heavy atom. The van der Waals surface area contributed by atoms with Gasteiger partial charge in [0.2, 0.25) is 0 Å². The van der Waals surface area contributed by atoms with Crippen LogP contribution in [0.1, 0.15) is 10.4 Å². The summed E-state index contributed by atoms with van der Waals surface area (Å²) >= 11 is 0. The number of nitrogens with zero attached hydrogens (tertiary/aromatic N) is 3. The Balaban J connectivity index is 2.18. The first kappa shape index (κ1) is 15.3. The molecule has 1 aromatic carbocycles. The van der Waals surface area contributed by atoms with Crippen molar-refractivity contribution in [1.82, 2.24) is 9.80 Å². The first-order valence-electron chi connectivity index (χ1n) is 7.09. The molecule has 0 saturated carbocycles. The number of aliphatic hydroxyl groups excluding tert-OH is 1. The highest BCUT2D eigenvalue weighted by atomic mass is 19.1. The minimum atomic E-state index is -1.12. The highest BCUT2D eigenvalue weighted by Gasteiger charge is 2.38. The van der Waals surface area contributed by atoms with Crippen LogP contribution < -0.4 is 4.90 Å². The van der Waals surface area contributed by atoms with Gasteiger partial charge >= 0.3 is 5.97 Å². The van der Waals surface area contributed by atoms with Crippen molar-refractivity contribution in [1.29, 1.82) is 0 Å². The Morgan fingerprint density at radius 3 is 2.78 bits per heavy atom. The number of carboxylic acid groups (broad SMARTS) is 1. The molecule has 2 N–H and O–H groups in total. The molecule has 0 radical (unpaired) electrons. The van der Waals surface area contributed by atoms with Crippen LogP contribution in [0, 0.1) is 5.82 Å². The van der Waals surface area contributed by atoms with Gasteiger partial charge in [-0.3, -0.25) is 4.79 Å².